The fourth-order valence-electron chi connectivity index (χ4n) is 1.52. The van der Waals surface area contributed by atoms with Gasteiger partial charge in [-0.2, -0.15) is 12.6 Å². The zero-order chi connectivity index (χ0) is 19.0. The summed E-state index contributed by atoms with van der Waals surface area (Å²) in [6.45, 7) is 3.87. The van der Waals surface area contributed by atoms with E-state index in [2.05, 4.69) is 28.6 Å². The summed E-state index contributed by atoms with van der Waals surface area (Å²) in [6, 6.07) is -4.48. The van der Waals surface area contributed by atoms with Crippen LogP contribution in [0.15, 0.2) is 0 Å². The van der Waals surface area contributed by atoms with Crippen LogP contribution in [0.1, 0.15) is 20.8 Å². The van der Waals surface area contributed by atoms with E-state index in [0.717, 1.165) is 0 Å². The van der Waals surface area contributed by atoms with Gasteiger partial charge in [-0.25, -0.2) is 0 Å². The van der Waals surface area contributed by atoms with Crippen molar-refractivity contribution in [2.75, 3.05) is 5.75 Å². The van der Waals surface area contributed by atoms with E-state index < -0.39 is 54.0 Å². The van der Waals surface area contributed by atoms with Crippen LogP contribution in [-0.4, -0.2) is 69.9 Å². The Morgan fingerprint density at radius 1 is 0.958 bits per heavy atom. The van der Waals surface area contributed by atoms with Gasteiger partial charge in [0, 0.05) is 5.75 Å². The third-order valence-electron chi connectivity index (χ3n) is 3.08. The van der Waals surface area contributed by atoms with E-state index in [1.54, 1.807) is 0 Å². The monoisotopic (exact) mass is 364 g/mol. The smallest absolute Gasteiger partial charge is 0.325 e. The maximum Gasteiger partial charge on any atom is 0.325 e. The van der Waals surface area contributed by atoms with Gasteiger partial charge in [0.15, 0.2) is 0 Å². The number of carboxylic acid groups (broad SMARTS) is 1. The third kappa shape index (κ3) is 7.15. The highest BCUT2D eigenvalue weighted by molar-refractivity contribution is 7.80. The fourth-order valence-corrected chi connectivity index (χ4v) is 1.68. The molecular weight excluding hydrogens is 340 g/mol. The lowest BCUT2D eigenvalue weighted by molar-refractivity contribution is -0.142. The van der Waals surface area contributed by atoms with Crippen molar-refractivity contribution in [3.63, 3.8) is 0 Å². The van der Waals surface area contributed by atoms with Gasteiger partial charge in [-0.1, -0.05) is 0 Å². The Kier molecular flexibility index (Phi) is 9.33. The van der Waals surface area contributed by atoms with Gasteiger partial charge in [-0.15, -0.1) is 0 Å². The summed E-state index contributed by atoms with van der Waals surface area (Å²) in [5, 5.41) is 25.1. The summed E-state index contributed by atoms with van der Waals surface area (Å²) in [4.78, 5) is 46.3. The van der Waals surface area contributed by atoms with E-state index in [0.29, 0.717) is 0 Å². The number of carbonyl (C=O) groups is 4. The van der Waals surface area contributed by atoms with Crippen LogP contribution in [0.2, 0.25) is 0 Å². The molecule has 0 aliphatic heterocycles. The third-order valence-corrected chi connectivity index (χ3v) is 3.47. The molecule has 138 valence electrons. The molecule has 5 atom stereocenters. The minimum Gasteiger partial charge on any atom is -0.480 e. The van der Waals surface area contributed by atoms with Gasteiger partial charge in [0.1, 0.15) is 18.1 Å². The number of hydrogen-bond donors (Lipinski definition) is 7. The lowest BCUT2D eigenvalue weighted by Gasteiger charge is -2.24. The average Bonchev–Trinajstić information content (AvgIpc) is 2.50. The number of nitrogens with one attached hydrogen (secondary N) is 3. The molecule has 24 heavy (non-hydrogen) atoms. The average molecular weight is 364 g/mol. The van der Waals surface area contributed by atoms with Crippen LogP contribution < -0.4 is 21.7 Å². The molecule has 0 bridgehead atoms. The predicted octanol–water partition coefficient (Wildman–Crippen LogP) is -2.80. The molecule has 0 radical (unpaired) electrons. The van der Waals surface area contributed by atoms with E-state index >= 15 is 0 Å². The highest BCUT2D eigenvalue weighted by Gasteiger charge is 2.30. The molecule has 0 aliphatic carbocycles. The number of hydrogen-bond acceptors (Lipinski definition) is 7. The van der Waals surface area contributed by atoms with Crippen molar-refractivity contribution >= 4 is 36.3 Å². The normalized spacial score (nSPS) is 16.9. The molecule has 3 amide bonds. The molecule has 0 aromatic carbocycles. The van der Waals surface area contributed by atoms with Crippen LogP contribution in [-0.2, 0) is 19.2 Å². The van der Waals surface area contributed by atoms with Crippen LogP contribution in [0.5, 0.6) is 0 Å². The molecule has 0 aromatic heterocycles. The Bertz CT molecular complexity index is 487. The maximum absolute atomic E-state index is 12.0. The summed E-state index contributed by atoms with van der Waals surface area (Å²) in [7, 11) is 0. The second kappa shape index (κ2) is 10.1. The second-order valence-electron chi connectivity index (χ2n) is 5.31. The second-order valence-corrected chi connectivity index (χ2v) is 5.68. The molecule has 0 aliphatic rings. The van der Waals surface area contributed by atoms with E-state index in [-0.39, 0.29) is 5.75 Å². The summed E-state index contributed by atoms with van der Waals surface area (Å²) in [5.41, 5.74) is 5.47. The fraction of sp³-hybridized carbons (Fsp3) is 0.692. The van der Waals surface area contributed by atoms with Crippen molar-refractivity contribution in [3.8, 4) is 0 Å². The SMILES string of the molecule is CC(NC(=O)C(NC(=O)C(C)NC(=O)C(N)CS)C(C)O)C(=O)O. The van der Waals surface area contributed by atoms with Crippen LogP contribution in [0.25, 0.3) is 0 Å². The van der Waals surface area contributed by atoms with Crippen LogP contribution in [0.3, 0.4) is 0 Å². The van der Waals surface area contributed by atoms with Crippen molar-refractivity contribution in [3.05, 3.63) is 0 Å². The molecule has 0 saturated heterocycles. The quantitative estimate of drug-likeness (QED) is 0.217. The first kappa shape index (κ1) is 22.1. The van der Waals surface area contributed by atoms with E-state index in [1.165, 1.54) is 20.8 Å². The summed E-state index contributed by atoms with van der Waals surface area (Å²) < 4.78 is 0. The van der Waals surface area contributed by atoms with Crippen molar-refractivity contribution in [1.29, 1.82) is 0 Å². The van der Waals surface area contributed by atoms with Crippen molar-refractivity contribution in [2.24, 2.45) is 5.73 Å². The van der Waals surface area contributed by atoms with Gasteiger partial charge < -0.3 is 31.9 Å². The molecule has 0 rings (SSSR count). The maximum atomic E-state index is 12.0. The summed E-state index contributed by atoms with van der Waals surface area (Å²) in [5.74, 6) is -3.37. The van der Waals surface area contributed by atoms with Crippen LogP contribution in [0.4, 0.5) is 0 Å². The first-order chi connectivity index (χ1) is 11.0. The number of thiol groups is 1. The zero-order valence-corrected chi connectivity index (χ0v) is 14.5. The number of aliphatic hydroxyl groups excluding tert-OH is 1. The molecule has 11 heteroatoms. The lowest BCUT2D eigenvalue weighted by atomic mass is 10.1. The molecule has 0 fully saturated rings. The lowest BCUT2D eigenvalue weighted by Crippen LogP contribution is -2.59. The highest BCUT2D eigenvalue weighted by Crippen LogP contribution is 1.97. The van der Waals surface area contributed by atoms with Gasteiger partial charge in [0.2, 0.25) is 17.7 Å². The molecule has 7 N–H and O–H groups in total. The Morgan fingerprint density at radius 2 is 1.46 bits per heavy atom. The number of aliphatic carboxylic acids is 1. The van der Waals surface area contributed by atoms with E-state index in [1.807, 2.05) is 0 Å². The molecular formula is C13H24N4O6S. The molecule has 0 spiro atoms. The Balaban J connectivity index is 4.82. The van der Waals surface area contributed by atoms with Gasteiger partial charge >= 0.3 is 5.97 Å². The number of amides is 3. The molecule has 5 unspecified atom stereocenters. The summed E-state index contributed by atoms with van der Waals surface area (Å²) in [6.07, 6.45) is -1.28. The largest absolute Gasteiger partial charge is 0.480 e. The number of nitrogens with two attached hydrogens (primary N) is 1. The van der Waals surface area contributed by atoms with E-state index in [4.69, 9.17) is 10.8 Å². The number of carboxylic acids is 1. The van der Waals surface area contributed by atoms with Gasteiger partial charge in [-0.05, 0) is 20.8 Å². The van der Waals surface area contributed by atoms with Crippen molar-refractivity contribution in [1.82, 2.24) is 16.0 Å². The Morgan fingerprint density at radius 3 is 1.88 bits per heavy atom. The summed E-state index contributed by atoms with van der Waals surface area (Å²) >= 11 is 3.87. The van der Waals surface area contributed by atoms with Gasteiger partial charge in [0.05, 0.1) is 12.1 Å². The first-order valence-corrected chi connectivity index (χ1v) is 7.82. The standard InChI is InChI=1S/C13H24N4O6S/c1-5(15-11(20)8(14)4-24)10(19)17-9(7(3)18)12(21)16-6(2)13(22)23/h5-9,18,24H,4,14H2,1-3H3,(H,15,20)(H,16,21)(H,17,19)(H,22,23). The molecule has 0 saturated carbocycles. The van der Waals surface area contributed by atoms with Crippen molar-refractivity contribution in [2.45, 2.75) is 51.0 Å². The number of rotatable bonds is 9. The topological polar surface area (TPSA) is 171 Å². The molecule has 0 heterocycles. The first-order valence-electron chi connectivity index (χ1n) is 7.19. The number of carbonyl (C=O) groups excluding carboxylic acids is 3. The number of aliphatic hydroxyl groups is 1. The minimum atomic E-state index is -1.38. The zero-order valence-electron chi connectivity index (χ0n) is 13.6. The van der Waals surface area contributed by atoms with Crippen LogP contribution >= 0.6 is 12.6 Å². The van der Waals surface area contributed by atoms with Crippen molar-refractivity contribution < 1.29 is 29.4 Å². The van der Waals surface area contributed by atoms with Gasteiger partial charge in [0.25, 0.3) is 0 Å². The molecule has 10 nitrogen and oxygen atoms in total. The predicted molar refractivity (Wildman–Crippen MR) is 88.3 cm³/mol. The minimum absolute atomic E-state index is 0.0892. The van der Waals surface area contributed by atoms with Gasteiger partial charge in [-0.3, -0.25) is 19.2 Å². The Hall–Kier alpha value is -1.85. The highest BCUT2D eigenvalue weighted by atomic mass is 32.1. The van der Waals surface area contributed by atoms with E-state index in [9.17, 15) is 24.3 Å². The molecule has 0 aromatic rings. The Labute approximate surface area is 144 Å². The van der Waals surface area contributed by atoms with Crippen LogP contribution in [0, 0.1) is 0 Å².